The summed E-state index contributed by atoms with van der Waals surface area (Å²) in [5, 5.41) is 0.430. The van der Waals surface area contributed by atoms with Crippen molar-refractivity contribution in [1.29, 1.82) is 0 Å². The van der Waals surface area contributed by atoms with Gasteiger partial charge in [-0.25, -0.2) is 4.98 Å². The lowest BCUT2D eigenvalue weighted by atomic mass is 10.1. The minimum atomic E-state index is -0.225. The first kappa shape index (κ1) is 17.9. The van der Waals surface area contributed by atoms with Crippen LogP contribution < -0.4 is 10.5 Å². The molecule has 0 aliphatic heterocycles. The average Bonchev–Trinajstić information content (AvgIpc) is 2.65. The summed E-state index contributed by atoms with van der Waals surface area (Å²) < 4.78 is 0. The van der Waals surface area contributed by atoms with Crippen molar-refractivity contribution in [2.24, 2.45) is 0 Å². The van der Waals surface area contributed by atoms with E-state index in [0.717, 1.165) is 18.5 Å². The van der Waals surface area contributed by atoms with Crippen molar-refractivity contribution >= 4 is 22.5 Å². The van der Waals surface area contributed by atoms with E-state index in [1.54, 1.807) is 30.0 Å². The number of H-pyrrole nitrogens is 1. The first-order valence-corrected chi connectivity index (χ1v) is 8.95. The number of rotatable bonds is 5. The van der Waals surface area contributed by atoms with Crippen LogP contribution in [0.1, 0.15) is 42.0 Å². The van der Waals surface area contributed by atoms with Crippen molar-refractivity contribution in [3.63, 3.8) is 0 Å². The maximum absolute atomic E-state index is 13.1. The van der Waals surface area contributed by atoms with E-state index in [-0.39, 0.29) is 11.5 Å². The minimum Gasteiger partial charge on any atom is -0.310 e. The lowest BCUT2D eigenvalue weighted by molar-refractivity contribution is 0.0987. The van der Waals surface area contributed by atoms with Crippen molar-refractivity contribution in [2.75, 3.05) is 11.4 Å². The lowest BCUT2D eigenvalue weighted by Crippen LogP contribution is -2.31. The molecule has 0 unspecified atom stereocenters. The molecule has 3 aromatic rings. The van der Waals surface area contributed by atoms with Gasteiger partial charge in [0.05, 0.1) is 10.9 Å². The maximum Gasteiger partial charge on any atom is 0.258 e. The first-order valence-electron chi connectivity index (χ1n) is 8.95. The molecule has 26 heavy (non-hydrogen) atoms. The fourth-order valence-corrected chi connectivity index (χ4v) is 3.03. The third-order valence-electron chi connectivity index (χ3n) is 4.42. The molecule has 5 heteroatoms. The summed E-state index contributed by atoms with van der Waals surface area (Å²) in [6.07, 6.45) is 1.80. The monoisotopic (exact) mass is 349 g/mol. The number of carbonyl (C=O) groups excluding carboxylic acids is 1. The van der Waals surface area contributed by atoms with Gasteiger partial charge in [-0.1, -0.05) is 26.0 Å². The SMILES string of the molecule is CCCN(C(=O)c1ccc2nc(C)[nH]c(=O)c2c1)c1ccc(CC)cc1. The number of amides is 1. The fourth-order valence-electron chi connectivity index (χ4n) is 3.03. The Morgan fingerprint density at radius 3 is 2.50 bits per heavy atom. The number of aromatic nitrogens is 2. The smallest absolute Gasteiger partial charge is 0.258 e. The summed E-state index contributed by atoms with van der Waals surface area (Å²) in [6, 6.07) is 13.1. The van der Waals surface area contributed by atoms with Crippen LogP contribution in [0.3, 0.4) is 0 Å². The Labute approximate surface area is 152 Å². The predicted molar refractivity (Wildman–Crippen MR) is 105 cm³/mol. The number of aromatic amines is 1. The topological polar surface area (TPSA) is 66.1 Å². The molecule has 1 amide bonds. The Hall–Kier alpha value is -2.95. The molecule has 134 valence electrons. The second kappa shape index (κ2) is 7.52. The molecular weight excluding hydrogens is 326 g/mol. The Morgan fingerprint density at radius 2 is 1.85 bits per heavy atom. The molecular formula is C21H23N3O2. The highest BCUT2D eigenvalue weighted by atomic mass is 16.2. The largest absolute Gasteiger partial charge is 0.310 e. The number of carbonyl (C=O) groups is 1. The van der Waals surface area contributed by atoms with Gasteiger partial charge >= 0.3 is 0 Å². The zero-order valence-corrected chi connectivity index (χ0v) is 15.4. The van der Waals surface area contributed by atoms with Gasteiger partial charge in [0.1, 0.15) is 5.82 Å². The molecule has 0 fully saturated rings. The number of hydrogen-bond acceptors (Lipinski definition) is 3. The molecule has 1 N–H and O–H groups in total. The summed E-state index contributed by atoms with van der Waals surface area (Å²) >= 11 is 0. The summed E-state index contributed by atoms with van der Waals surface area (Å²) in [5.74, 6) is 0.447. The Balaban J connectivity index is 2.01. The molecule has 0 aliphatic carbocycles. The van der Waals surface area contributed by atoms with Crippen LogP contribution in [0.25, 0.3) is 10.9 Å². The second-order valence-electron chi connectivity index (χ2n) is 6.36. The van der Waals surface area contributed by atoms with E-state index in [1.165, 1.54) is 5.56 Å². The number of hydrogen-bond donors (Lipinski definition) is 1. The molecule has 0 bridgehead atoms. The van der Waals surface area contributed by atoms with Crippen molar-refractivity contribution < 1.29 is 4.79 Å². The van der Waals surface area contributed by atoms with Crippen molar-refractivity contribution in [3.05, 3.63) is 69.8 Å². The Kier molecular flexibility index (Phi) is 5.16. The van der Waals surface area contributed by atoms with Gasteiger partial charge in [0.25, 0.3) is 11.5 Å². The van der Waals surface area contributed by atoms with Crippen LogP contribution in [0, 0.1) is 6.92 Å². The fraction of sp³-hybridized carbons (Fsp3) is 0.286. The summed E-state index contributed by atoms with van der Waals surface area (Å²) in [6.45, 7) is 6.50. The average molecular weight is 349 g/mol. The standard InChI is InChI=1S/C21H23N3O2/c1-4-12-24(17-9-6-15(5-2)7-10-17)21(26)16-8-11-19-18(13-16)20(25)23-14(3)22-19/h6-11,13H,4-5,12H2,1-3H3,(H,22,23,25). The Morgan fingerprint density at radius 1 is 1.12 bits per heavy atom. The third-order valence-corrected chi connectivity index (χ3v) is 4.42. The number of anilines is 1. The van der Waals surface area contributed by atoms with Gasteiger partial charge in [0.15, 0.2) is 0 Å². The molecule has 0 saturated carbocycles. The minimum absolute atomic E-state index is 0.113. The van der Waals surface area contributed by atoms with E-state index in [0.29, 0.717) is 28.8 Å². The van der Waals surface area contributed by atoms with E-state index < -0.39 is 0 Å². The van der Waals surface area contributed by atoms with Crippen LogP contribution in [-0.4, -0.2) is 22.4 Å². The zero-order chi connectivity index (χ0) is 18.7. The van der Waals surface area contributed by atoms with Crippen LogP contribution in [0.2, 0.25) is 0 Å². The van der Waals surface area contributed by atoms with Crippen LogP contribution >= 0.6 is 0 Å². The number of aryl methyl sites for hydroxylation is 2. The Bertz CT molecular complexity index is 990. The van der Waals surface area contributed by atoms with Gasteiger partial charge in [0, 0.05) is 17.8 Å². The van der Waals surface area contributed by atoms with E-state index in [4.69, 9.17) is 0 Å². The molecule has 1 heterocycles. The molecule has 3 rings (SSSR count). The van der Waals surface area contributed by atoms with Crippen LogP contribution in [0.5, 0.6) is 0 Å². The maximum atomic E-state index is 13.1. The molecule has 0 spiro atoms. The normalized spacial score (nSPS) is 10.9. The molecule has 0 aliphatic rings. The van der Waals surface area contributed by atoms with Gasteiger partial charge in [0.2, 0.25) is 0 Å². The van der Waals surface area contributed by atoms with Crippen LogP contribution in [0.15, 0.2) is 47.3 Å². The second-order valence-corrected chi connectivity index (χ2v) is 6.36. The van der Waals surface area contributed by atoms with Crippen molar-refractivity contribution in [1.82, 2.24) is 9.97 Å². The number of benzene rings is 2. The molecule has 5 nitrogen and oxygen atoms in total. The highest BCUT2D eigenvalue weighted by Gasteiger charge is 2.18. The van der Waals surface area contributed by atoms with E-state index in [2.05, 4.69) is 16.9 Å². The van der Waals surface area contributed by atoms with Gasteiger partial charge < -0.3 is 9.88 Å². The molecule has 1 aromatic heterocycles. The highest BCUT2D eigenvalue weighted by molar-refractivity contribution is 6.07. The summed E-state index contributed by atoms with van der Waals surface area (Å²) in [5.41, 5.74) is 2.96. The number of fused-ring (bicyclic) bond motifs is 1. The van der Waals surface area contributed by atoms with Gasteiger partial charge in [-0.05, 0) is 55.7 Å². The summed E-state index contributed by atoms with van der Waals surface area (Å²) in [7, 11) is 0. The van der Waals surface area contributed by atoms with Gasteiger partial charge in [-0.15, -0.1) is 0 Å². The van der Waals surface area contributed by atoms with Crippen LogP contribution in [0.4, 0.5) is 5.69 Å². The molecule has 2 aromatic carbocycles. The third kappa shape index (κ3) is 3.52. The molecule has 0 atom stereocenters. The van der Waals surface area contributed by atoms with E-state index in [1.807, 2.05) is 31.2 Å². The number of nitrogens with one attached hydrogen (secondary N) is 1. The lowest BCUT2D eigenvalue weighted by Gasteiger charge is -2.23. The first-order chi connectivity index (χ1) is 12.5. The van der Waals surface area contributed by atoms with Gasteiger partial charge in [-0.3, -0.25) is 9.59 Å². The van der Waals surface area contributed by atoms with Crippen LogP contribution in [-0.2, 0) is 6.42 Å². The van der Waals surface area contributed by atoms with Gasteiger partial charge in [-0.2, -0.15) is 0 Å². The van der Waals surface area contributed by atoms with E-state index in [9.17, 15) is 9.59 Å². The highest BCUT2D eigenvalue weighted by Crippen LogP contribution is 2.20. The quantitative estimate of drug-likeness (QED) is 0.761. The van der Waals surface area contributed by atoms with Crippen molar-refractivity contribution in [2.45, 2.75) is 33.6 Å². The summed E-state index contributed by atoms with van der Waals surface area (Å²) in [4.78, 5) is 34.1. The van der Waals surface area contributed by atoms with Crippen molar-refractivity contribution in [3.8, 4) is 0 Å². The van der Waals surface area contributed by atoms with E-state index >= 15 is 0 Å². The molecule has 0 saturated heterocycles. The zero-order valence-electron chi connectivity index (χ0n) is 15.4. The molecule has 0 radical (unpaired) electrons. The predicted octanol–water partition coefficient (Wildman–Crippen LogP) is 3.85. The number of nitrogens with zero attached hydrogens (tertiary/aromatic N) is 2.